The average molecular weight is 373 g/mol. The molecule has 0 N–H and O–H groups in total. The summed E-state index contributed by atoms with van der Waals surface area (Å²) in [7, 11) is 0. The second-order valence-electron chi connectivity index (χ2n) is 9.38. The Morgan fingerprint density at radius 2 is 1.93 bits per heavy atom. The Balaban J connectivity index is 1.64. The molecule has 2 fully saturated rings. The van der Waals surface area contributed by atoms with E-state index < -0.39 is 5.60 Å². The second kappa shape index (κ2) is 6.69. The minimum Gasteiger partial charge on any atom is -0.444 e. The summed E-state index contributed by atoms with van der Waals surface area (Å²) in [6, 6.07) is 9.59. The summed E-state index contributed by atoms with van der Waals surface area (Å²) in [5.41, 5.74) is 2.40. The number of carbonyl (C=O) groups excluding carboxylic acids is 1. The number of ether oxygens (including phenoxy) is 2. The lowest BCUT2D eigenvalue weighted by Gasteiger charge is -2.47. The number of benzene rings is 1. The number of amides is 1. The standard InChI is InChI=1S/C22H32N2O3/c1-21(2,3)27-20(25)23-12-11-22(4)17-7-5-6-8-18(17)24(19(22)15-23)16-9-13-26-14-10-16/h5-8,16,19H,9-15H2,1-4H3. The summed E-state index contributed by atoms with van der Waals surface area (Å²) in [6.45, 7) is 11.3. The zero-order chi connectivity index (χ0) is 19.2. The van der Waals surface area contributed by atoms with Crippen molar-refractivity contribution in [1.29, 1.82) is 0 Å². The minimum absolute atomic E-state index is 0.0768. The molecule has 148 valence electrons. The largest absolute Gasteiger partial charge is 0.444 e. The van der Waals surface area contributed by atoms with E-state index in [0.717, 1.165) is 45.6 Å². The van der Waals surface area contributed by atoms with Gasteiger partial charge in [-0.2, -0.15) is 0 Å². The van der Waals surface area contributed by atoms with Crippen molar-refractivity contribution in [1.82, 2.24) is 4.90 Å². The van der Waals surface area contributed by atoms with Crippen molar-refractivity contribution >= 4 is 11.8 Å². The summed E-state index contributed by atoms with van der Waals surface area (Å²) in [5.74, 6) is 0. The maximum atomic E-state index is 12.7. The lowest BCUT2D eigenvalue weighted by atomic mass is 9.73. The van der Waals surface area contributed by atoms with Gasteiger partial charge in [-0.25, -0.2) is 4.79 Å². The highest BCUT2D eigenvalue weighted by Gasteiger charge is 2.53. The molecule has 3 aliphatic rings. The number of hydrogen-bond donors (Lipinski definition) is 0. The van der Waals surface area contributed by atoms with Crippen molar-refractivity contribution in [2.24, 2.45) is 0 Å². The second-order valence-corrected chi connectivity index (χ2v) is 9.38. The van der Waals surface area contributed by atoms with Gasteiger partial charge in [0.05, 0.1) is 6.04 Å². The molecule has 2 saturated heterocycles. The van der Waals surface area contributed by atoms with E-state index in [-0.39, 0.29) is 11.5 Å². The number of likely N-dealkylation sites (tertiary alicyclic amines) is 1. The lowest BCUT2D eigenvalue weighted by molar-refractivity contribution is 0.0134. The summed E-state index contributed by atoms with van der Waals surface area (Å²) in [6.07, 6.45) is 2.88. The van der Waals surface area contributed by atoms with E-state index in [4.69, 9.17) is 9.47 Å². The molecule has 0 aliphatic carbocycles. The van der Waals surface area contributed by atoms with E-state index >= 15 is 0 Å². The molecule has 2 atom stereocenters. The molecule has 0 saturated carbocycles. The number of para-hydroxylation sites is 1. The lowest BCUT2D eigenvalue weighted by Crippen LogP contribution is -2.60. The molecule has 0 aromatic heterocycles. The predicted octanol–water partition coefficient (Wildman–Crippen LogP) is 3.95. The van der Waals surface area contributed by atoms with Gasteiger partial charge in [0.2, 0.25) is 0 Å². The monoisotopic (exact) mass is 372 g/mol. The van der Waals surface area contributed by atoms with Crippen LogP contribution < -0.4 is 4.90 Å². The number of anilines is 1. The Bertz CT molecular complexity index is 708. The Kier molecular flexibility index (Phi) is 4.61. The van der Waals surface area contributed by atoms with Gasteiger partial charge in [0.15, 0.2) is 0 Å². The Hall–Kier alpha value is -1.75. The maximum Gasteiger partial charge on any atom is 0.410 e. The van der Waals surface area contributed by atoms with E-state index in [9.17, 15) is 4.79 Å². The third kappa shape index (κ3) is 3.31. The highest BCUT2D eigenvalue weighted by Crippen LogP contribution is 2.51. The molecule has 4 rings (SSSR count). The zero-order valence-electron chi connectivity index (χ0n) is 17.0. The van der Waals surface area contributed by atoms with Gasteiger partial charge in [-0.1, -0.05) is 25.1 Å². The van der Waals surface area contributed by atoms with Crippen molar-refractivity contribution in [2.45, 2.75) is 70.1 Å². The fraction of sp³-hybridized carbons (Fsp3) is 0.682. The van der Waals surface area contributed by atoms with Crippen LogP contribution in [0.4, 0.5) is 10.5 Å². The van der Waals surface area contributed by atoms with Crippen LogP contribution in [0.2, 0.25) is 0 Å². The van der Waals surface area contributed by atoms with Crippen molar-refractivity contribution < 1.29 is 14.3 Å². The molecule has 5 heteroatoms. The fourth-order valence-corrected chi connectivity index (χ4v) is 5.00. The van der Waals surface area contributed by atoms with E-state index in [0.29, 0.717) is 12.1 Å². The Morgan fingerprint density at radius 3 is 2.63 bits per heavy atom. The van der Waals surface area contributed by atoms with Crippen LogP contribution in [0.1, 0.15) is 52.5 Å². The fourth-order valence-electron chi connectivity index (χ4n) is 5.00. The molecular weight excluding hydrogens is 340 g/mol. The first-order valence-corrected chi connectivity index (χ1v) is 10.2. The van der Waals surface area contributed by atoms with Crippen LogP contribution in [0.3, 0.4) is 0 Å². The van der Waals surface area contributed by atoms with E-state index in [1.165, 1.54) is 11.3 Å². The quantitative estimate of drug-likeness (QED) is 0.748. The van der Waals surface area contributed by atoms with Gasteiger partial charge in [0, 0.05) is 43.4 Å². The van der Waals surface area contributed by atoms with Crippen molar-refractivity contribution in [2.75, 3.05) is 31.2 Å². The van der Waals surface area contributed by atoms with Gasteiger partial charge in [-0.05, 0) is 51.7 Å². The molecule has 2 unspecified atom stereocenters. The summed E-state index contributed by atoms with van der Waals surface area (Å²) in [4.78, 5) is 17.2. The molecule has 27 heavy (non-hydrogen) atoms. The molecule has 5 nitrogen and oxygen atoms in total. The number of rotatable bonds is 1. The molecular formula is C22H32N2O3. The van der Waals surface area contributed by atoms with Crippen molar-refractivity contribution in [3.8, 4) is 0 Å². The van der Waals surface area contributed by atoms with Crippen LogP contribution >= 0.6 is 0 Å². The van der Waals surface area contributed by atoms with E-state index in [1.807, 2.05) is 25.7 Å². The highest BCUT2D eigenvalue weighted by atomic mass is 16.6. The number of piperidine rings is 1. The van der Waals surface area contributed by atoms with Gasteiger partial charge in [-0.3, -0.25) is 0 Å². The van der Waals surface area contributed by atoms with Gasteiger partial charge in [-0.15, -0.1) is 0 Å². The minimum atomic E-state index is -0.461. The average Bonchev–Trinajstić information content (AvgIpc) is 2.89. The molecule has 0 spiro atoms. The van der Waals surface area contributed by atoms with Crippen LogP contribution in [0.25, 0.3) is 0 Å². The maximum absolute atomic E-state index is 12.7. The van der Waals surface area contributed by atoms with Crippen LogP contribution in [0, 0.1) is 0 Å². The topological polar surface area (TPSA) is 42.0 Å². The third-order valence-electron chi connectivity index (χ3n) is 6.40. The van der Waals surface area contributed by atoms with Gasteiger partial charge < -0.3 is 19.3 Å². The van der Waals surface area contributed by atoms with Gasteiger partial charge in [0.1, 0.15) is 5.60 Å². The Labute approximate surface area is 162 Å². The summed E-state index contributed by atoms with van der Waals surface area (Å²) in [5, 5.41) is 0. The summed E-state index contributed by atoms with van der Waals surface area (Å²) >= 11 is 0. The molecule has 1 aromatic carbocycles. The third-order valence-corrected chi connectivity index (χ3v) is 6.40. The first-order chi connectivity index (χ1) is 12.8. The molecule has 1 amide bonds. The molecule has 0 radical (unpaired) electrons. The molecule has 1 aromatic rings. The van der Waals surface area contributed by atoms with Crippen molar-refractivity contribution in [3.05, 3.63) is 29.8 Å². The van der Waals surface area contributed by atoms with Crippen molar-refractivity contribution in [3.63, 3.8) is 0 Å². The first kappa shape index (κ1) is 18.6. The molecule has 3 heterocycles. The normalized spacial score (nSPS) is 28.7. The smallest absolute Gasteiger partial charge is 0.410 e. The van der Waals surface area contributed by atoms with Crippen LogP contribution in [-0.2, 0) is 14.9 Å². The molecule has 3 aliphatic heterocycles. The SMILES string of the molecule is CC(C)(C)OC(=O)N1CCC2(C)c3ccccc3N(C3CCOCC3)C2C1. The van der Waals surface area contributed by atoms with Crippen LogP contribution in [0.5, 0.6) is 0 Å². The zero-order valence-corrected chi connectivity index (χ0v) is 17.0. The van der Waals surface area contributed by atoms with E-state index in [1.54, 1.807) is 0 Å². The molecule has 0 bridgehead atoms. The predicted molar refractivity (Wildman–Crippen MR) is 106 cm³/mol. The number of fused-ring (bicyclic) bond motifs is 3. The van der Waals surface area contributed by atoms with E-state index in [2.05, 4.69) is 36.1 Å². The highest BCUT2D eigenvalue weighted by molar-refractivity contribution is 5.71. The number of hydrogen-bond acceptors (Lipinski definition) is 4. The van der Waals surface area contributed by atoms with Gasteiger partial charge >= 0.3 is 6.09 Å². The Morgan fingerprint density at radius 1 is 1.22 bits per heavy atom. The van der Waals surface area contributed by atoms with Gasteiger partial charge in [0.25, 0.3) is 0 Å². The first-order valence-electron chi connectivity index (χ1n) is 10.2. The van der Waals surface area contributed by atoms with Crippen LogP contribution in [-0.4, -0.2) is 55.0 Å². The number of nitrogens with zero attached hydrogens (tertiary/aromatic N) is 2. The van der Waals surface area contributed by atoms with Crippen LogP contribution in [0.15, 0.2) is 24.3 Å². The summed E-state index contributed by atoms with van der Waals surface area (Å²) < 4.78 is 11.3. The number of carbonyl (C=O) groups is 1.